The van der Waals surface area contributed by atoms with Crippen molar-refractivity contribution in [1.82, 2.24) is 16.0 Å². The highest BCUT2D eigenvalue weighted by Gasteiger charge is 2.41. The van der Waals surface area contributed by atoms with Crippen LogP contribution in [0, 0.1) is 0 Å². The Balaban J connectivity index is 0.00000174. The average Bonchev–Trinajstić information content (AvgIpc) is 3.12. The van der Waals surface area contributed by atoms with E-state index < -0.39 is 29.4 Å². The number of rotatable bonds is 13. The molecule has 11 heteroatoms. The first kappa shape index (κ1) is 40.7. The van der Waals surface area contributed by atoms with E-state index >= 15 is 0 Å². The van der Waals surface area contributed by atoms with Gasteiger partial charge in [0.25, 0.3) is 0 Å². The molecule has 0 aliphatic carbocycles. The fraction of sp³-hybridized carbons (Fsp3) is 0.444. The zero-order chi connectivity index (χ0) is 35.2. The molecule has 7 N–H and O–H groups in total. The Bertz CT molecular complexity index is 1360. The molecule has 1 aliphatic heterocycles. The van der Waals surface area contributed by atoms with Crippen molar-refractivity contribution in [1.29, 1.82) is 0 Å². The summed E-state index contributed by atoms with van der Waals surface area (Å²) in [5.74, 6) is -0.717. The standard InChI is InChI=1S/C31H39N5O5.2C2H6.CH2O/c1-34-26(19-21-7-10-25(11-8-21)41-17-14-32)28(37)35-27(20-22-6-9-23-4-2-3-5-24(23)18-22)29(38)36-31(30(33)39)12-15-40-16-13-31;3*1-2/h2-11,18,26-27,34H,12-17,19-20,32H2,1H3,(H2,33,39)(H,35,37)(H,36,38);2*1-2H3;1H2. The highest BCUT2D eigenvalue weighted by Crippen LogP contribution is 2.22. The van der Waals surface area contributed by atoms with Gasteiger partial charge in [-0.2, -0.15) is 0 Å². The Labute approximate surface area is 279 Å². The predicted octanol–water partition coefficient (Wildman–Crippen LogP) is 3.05. The Morgan fingerprint density at radius 2 is 1.43 bits per heavy atom. The van der Waals surface area contributed by atoms with Crippen molar-refractivity contribution in [2.45, 2.75) is 71.0 Å². The number of ether oxygens (including phenoxy) is 2. The molecule has 4 rings (SSSR count). The summed E-state index contributed by atoms with van der Waals surface area (Å²) in [6, 6.07) is 19.8. The molecule has 3 amide bonds. The van der Waals surface area contributed by atoms with E-state index in [9.17, 15) is 14.4 Å². The van der Waals surface area contributed by atoms with Crippen molar-refractivity contribution in [3.63, 3.8) is 0 Å². The fourth-order valence-electron chi connectivity index (χ4n) is 5.02. The quantitative estimate of drug-likeness (QED) is 0.187. The molecule has 0 saturated carbocycles. The van der Waals surface area contributed by atoms with E-state index in [2.05, 4.69) is 16.0 Å². The number of fused-ring (bicyclic) bond motifs is 1. The predicted molar refractivity (Wildman–Crippen MR) is 187 cm³/mol. The average molecular weight is 652 g/mol. The van der Waals surface area contributed by atoms with Crippen molar-refractivity contribution in [3.8, 4) is 5.75 Å². The summed E-state index contributed by atoms with van der Waals surface area (Å²) in [4.78, 5) is 47.6. The van der Waals surface area contributed by atoms with E-state index in [1.54, 1.807) is 7.05 Å². The molecule has 258 valence electrons. The summed E-state index contributed by atoms with van der Waals surface area (Å²) in [7, 11) is 1.70. The smallest absolute Gasteiger partial charge is 0.243 e. The highest BCUT2D eigenvalue weighted by molar-refractivity contribution is 5.95. The van der Waals surface area contributed by atoms with E-state index in [4.69, 9.17) is 25.7 Å². The minimum Gasteiger partial charge on any atom is -0.492 e. The van der Waals surface area contributed by atoms with E-state index in [-0.39, 0.29) is 25.2 Å². The number of primary amides is 1. The third-order valence-corrected chi connectivity index (χ3v) is 7.48. The molecule has 47 heavy (non-hydrogen) atoms. The first-order valence-corrected chi connectivity index (χ1v) is 16.2. The van der Waals surface area contributed by atoms with Gasteiger partial charge in [0.2, 0.25) is 17.7 Å². The minimum absolute atomic E-state index is 0.233. The number of likely N-dealkylation sites (N-methyl/N-ethyl adjacent to an activating group) is 1. The lowest BCUT2D eigenvalue weighted by atomic mass is 9.88. The monoisotopic (exact) mass is 651 g/mol. The van der Waals surface area contributed by atoms with Crippen LogP contribution in [0.25, 0.3) is 10.8 Å². The fourth-order valence-corrected chi connectivity index (χ4v) is 5.02. The lowest BCUT2D eigenvalue weighted by Crippen LogP contribution is -2.64. The normalized spacial score (nSPS) is 14.3. The van der Waals surface area contributed by atoms with Crippen LogP contribution in [0.1, 0.15) is 51.7 Å². The third kappa shape index (κ3) is 12.4. The lowest BCUT2D eigenvalue weighted by Gasteiger charge is -2.36. The number of amides is 3. The second-order valence-electron chi connectivity index (χ2n) is 10.3. The van der Waals surface area contributed by atoms with Crippen LogP contribution in [0.2, 0.25) is 0 Å². The molecule has 0 bridgehead atoms. The lowest BCUT2D eigenvalue weighted by molar-refractivity contribution is -0.137. The molecule has 0 spiro atoms. The topological polar surface area (TPSA) is 175 Å². The van der Waals surface area contributed by atoms with Crippen molar-refractivity contribution >= 4 is 35.3 Å². The van der Waals surface area contributed by atoms with Gasteiger partial charge in [0.1, 0.15) is 30.7 Å². The maximum absolute atomic E-state index is 13.7. The van der Waals surface area contributed by atoms with Crippen LogP contribution in [0.3, 0.4) is 0 Å². The molecule has 3 aromatic rings. The van der Waals surface area contributed by atoms with E-state index in [0.29, 0.717) is 38.5 Å². The van der Waals surface area contributed by atoms with Crippen LogP contribution in [0.5, 0.6) is 5.75 Å². The van der Waals surface area contributed by atoms with Crippen LogP contribution >= 0.6 is 0 Å². The van der Waals surface area contributed by atoms with Crippen molar-refractivity contribution in [3.05, 3.63) is 77.9 Å². The van der Waals surface area contributed by atoms with Gasteiger partial charge in [-0.1, -0.05) is 82.3 Å². The van der Waals surface area contributed by atoms with Crippen molar-refractivity contribution in [2.24, 2.45) is 11.5 Å². The van der Waals surface area contributed by atoms with Gasteiger partial charge >= 0.3 is 0 Å². The summed E-state index contributed by atoms with van der Waals surface area (Å²) in [6.45, 7) is 11.5. The summed E-state index contributed by atoms with van der Waals surface area (Å²) in [6.07, 6.45) is 1.17. The summed E-state index contributed by atoms with van der Waals surface area (Å²) in [5, 5.41) is 11.0. The molecule has 3 aromatic carbocycles. The van der Waals surface area contributed by atoms with Gasteiger partial charge in [-0.15, -0.1) is 0 Å². The molecule has 2 unspecified atom stereocenters. The summed E-state index contributed by atoms with van der Waals surface area (Å²) >= 11 is 0. The molecule has 1 saturated heterocycles. The largest absolute Gasteiger partial charge is 0.492 e. The van der Waals surface area contributed by atoms with Crippen molar-refractivity contribution in [2.75, 3.05) is 33.4 Å². The van der Waals surface area contributed by atoms with Gasteiger partial charge in [-0.05, 0) is 47.5 Å². The van der Waals surface area contributed by atoms with Gasteiger partial charge < -0.3 is 41.7 Å². The number of carbonyl (C=O) groups excluding carboxylic acids is 4. The van der Waals surface area contributed by atoms with Gasteiger partial charge in [0.05, 0.1) is 6.04 Å². The van der Waals surface area contributed by atoms with Crippen LogP contribution in [-0.2, 0) is 36.8 Å². The third-order valence-electron chi connectivity index (χ3n) is 7.48. The van der Waals surface area contributed by atoms with Crippen LogP contribution in [0.4, 0.5) is 0 Å². The Kier molecular flexibility index (Phi) is 19.3. The van der Waals surface area contributed by atoms with Gasteiger partial charge in [0.15, 0.2) is 0 Å². The zero-order valence-electron chi connectivity index (χ0n) is 28.5. The Hall–Kier alpha value is -4.32. The van der Waals surface area contributed by atoms with Crippen LogP contribution in [0.15, 0.2) is 66.7 Å². The number of benzene rings is 3. The van der Waals surface area contributed by atoms with E-state index in [1.807, 2.05) is 101 Å². The minimum atomic E-state index is -1.22. The number of nitrogens with two attached hydrogens (primary N) is 2. The molecule has 1 aliphatic rings. The Morgan fingerprint density at radius 3 is 2.00 bits per heavy atom. The second kappa shape index (κ2) is 22.2. The van der Waals surface area contributed by atoms with Crippen LogP contribution < -0.4 is 32.2 Å². The van der Waals surface area contributed by atoms with Gasteiger partial charge in [0, 0.05) is 39.0 Å². The van der Waals surface area contributed by atoms with Crippen molar-refractivity contribution < 1.29 is 28.7 Å². The number of carbonyl (C=O) groups is 4. The zero-order valence-corrected chi connectivity index (χ0v) is 28.5. The molecular formula is C36H53N5O6. The van der Waals surface area contributed by atoms with E-state index in [1.165, 1.54) is 0 Å². The summed E-state index contributed by atoms with van der Waals surface area (Å²) < 4.78 is 10.9. The van der Waals surface area contributed by atoms with Gasteiger partial charge in [-0.25, -0.2) is 0 Å². The SMILES string of the molecule is C=O.CC.CC.CNC(Cc1ccc(OCCN)cc1)C(=O)NC(Cc1ccc2ccccc2c1)C(=O)NC1(C(N)=O)CCOCC1. The molecule has 0 radical (unpaired) electrons. The molecule has 1 heterocycles. The maximum Gasteiger partial charge on any atom is 0.243 e. The Morgan fingerprint density at radius 1 is 0.851 bits per heavy atom. The second-order valence-corrected chi connectivity index (χ2v) is 10.3. The summed E-state index contributed by atoms with van der Waals surface area (Å²) in [5.41, 5.74) is 11.8. The number of nitrogens with one attached hydrogen (secondary N) is 3. The number of hydrogen-bond donors (Lipinski definition) is 5. The van der Waals surface area contributed by atoms with Crippen LogP contribution in [-0.4, -0.2) is 75.5 Å². The molecule has 1 fully saturated rings. The number of hydrogen-bond acceptors (Lipinski definition) is 8. The molecule has 11 nitrogen and oxygen atoms in total. The highest BCUT2D eigenvalue weighted by atomic mass is 16.5. The van der Waals surface area contributed by atoms with E-state index in [0.717, 1.165) is 21.9 Å². The maximum atomic E-state index is 13.7. The first-order valence-electron chi connectivity index (χ1n) is 16.2. The van der Waals surface area contributed by atoms with Gasteiger partial charge in [-0.3, -0.25) is 14.4 Å². The molecule has 2 atom stereocenters. The first-order chi connectivity index (χ1) is 22.8. The molecule has 0 aromatic heterocycles. The molecular weight excluding hydrogens is 598 g/mol.